The minimum absolute atomic E-state index is 0.00136. The van der Waals surface area contributed by atoms with Crippen LogP contribution in [-0.4, -0.2) is 37.7 Å². The smallest absolute Gasteiger partial charge is 0.303 e. The number of hydrogen-bond acceptors (Lipinski definition) is 6. The van der Waals surface area contributed by atoms with Crippen molar-refractivity contribution in [2.45, 2.75) is 19.8 Å². The van der Waals surface area contributed by atoms with Crippen molar-refractivity contribution in [3.63, 3.8) is 0 Å². The lowest BCUT2D eigenvalue weighted by atomic mass is 10.2. The first-order valence-electron chi connectivity index (χ1n) is 7.61. The lowest BCUT2D eigenvalue weighted by molar-refractivity contribution is -0.114. The molecule has 0 saturated carbocycles. The fraction of sp³-hybridized carbons (Fsp3) is 0.312. The molecule has 0 radical (unpaired) electrons. The normalized spacial score (nSPS) is 11.6. The maximum Gasteiger partial charge on any atom is 0.303 e. The quantitative estimate of drug-likeness (QED) is 0.766. The number of alkyl halides is 2. The van der Waals surface area contributed by atoms with E-state index in [0.29, 0.717) is 29.3 Å². The molecule has 26 heavy (non-hydrogen) atoms. The zero-order valence-electron chi connectivity index (χ0n) is 14.5. The number of anilines is 1. The SMILES string of the molecule is COc1cc(-c2nn(C)c3cnc(NC(C)=O)cc23)nc(C(C)(F)F)n1. The Morgan fingerprint density at radius 1 is 1.31 bits per heavy atom. The van der Waals surface area contributed by atoms with Gasteiger partial charge in [-0.15, -0.1) is 0 Å². The Balaban J connectivity index is 2.23. The van der Waals surface area contributed by atoms with E-state index in [1.165, 1.54) is 26.3 Å². The summed E-state index contributed by atoms with van der Waals surface area (Å²) in [7, 11) is 3.03. The molecule has 0 bridgehead atoms. The average Bonchev–Trinajstić information content (AvgIpc) is 2.89. The third-order valence-electron chi connectivity index (χ3n) is 3.59. The van der Waals surface area contributed by atoms with Gasteiger partial charge in [-0.2, -0.15) is 18.9 Å². The summed E-state index contributed by atoms with van der Waals surface area (Å²) in [6.07, 6.45) is 1.53. The number of halogens is 2. The maximum atomic E-state index is 13.7. The minimum Gasteiger partial charge on any atom is -0.481 e. The molecule has 0 spiro atoms. The van der Waals surface area contributed by atoms with E-state index in [4.69, 9.17) is 4.74 Å². The van der Waals surface area contributed by atoms with E-state index >= 15 is 0 Å². The highest BCUT2D eigenvalue weighted by Gasteiger charge is 2.30. The predicted molar refractivity (Wildman–Crippen MR) is 90.0 cm³/mol. The molecule has 1 amide bonds. The van der Waals surface area contributed by atoms with E-state index in [2.05, 4.69) is 25.4 Å². The Hall–Kier alpha value is -3.17. The zero-order chi connectivity index (χ0) is 19.1. The summed E-state index contributed by atoms with van der Waals surface area (Å²) in [6.45, 7) is 2.07. The van der Waals surface area contributed by atoms with Crippen LogP contribution >= 0.6 is 0 Å². The second kappa shape index (κ2) is 6.28. The van der Waals surface area contributed by atoms with Crippen LogP contribution in [0, 0.1) is 0 Å². The van der Waals surface area contributed by atoms with Gasteiger partial charge in [-0.3, -0.25) is 9.48 Å². The molecule has 0 fully saturated rings. The van der Waals surface area contributed by atoms with Gasteiger partial charge in [0.15, 0.2) is 0 Å². The number of hydrogen-bond donors (Lipinski definition) is 1. The van der Waals surface area contributed by atoms with Gasteiger partial charge < -0.3 is 10.1 Å². The molecule has 0 aromatic carbocycles. The van der Waals surface area contributed by atoms with Gasteiger partial charge in [-0.25, -0.2) is 9.97 Å². The fourth-order valence-corrected chi connectivity index (χ4v) is 2.44. The number of methoxy groups -OCH3 is 1. The van der Waals surface area contributed by atoms with E-state index in [-0.39, 0.29) is 17.5 Å². The molecule has 0 aliphatic heterocycles. The van der Waals surface area contributed by atoms with Gasteiger partial charge in [0.1, 0.15) is 11.5 Å². The van der Waals surface area contributed by atoms with Gasteiger partial charge in [-0.1, -0.05) is 0 Å². The van der Waals surface area contributed by atoms with Crippen molar-refractivity contribution < 1.29 is 18.3 Å². The largest absolute Gasteiger partial charge is 0.481 e. The number of nitrogens with zero attached hydrogens (tertiary/aromatic N) is 5. The molecule has 8 nitrogen and oxygen atoms in total. The summed E-state index contributed by atoms with van der Waals surface area (Å²) in [4.78, 5) is 23.0. The maximum absolute atomic E-state index is 13.7. The van der Waals surface area contributed by atoms with Crippen LogP contribution in [0.3, 0.4) is 0 Å². The number of aryl methyl sites for hydroxylation is 1. The number of pyridine rings is 1. The van der Waals surface area contributed by atoms with Crippen molar-refractivity contribution in [3.05, 3.63) is 24.2 Å². The van der Waals surface area contributed by atoms with Crippen LogP contribution < -0.4 is 10.1 Å². The first kappa shape index (κ1) is 17.6. The molecule has 0 unspecified atom stereocenters. The molecule has 1 N–H and O–H groups in total. The lowest BCUT2D eigenvalue weighted by Gasteiger charge is -2.11. The Morgan fingerprint density at radius 3 is 2.65 bits per heavy atom. The molecule has 0 atom stereocenters. The predicted octanol–water partition coefficient (Wildman–Crippen LogP) is 2.50. The van der Waals surface area contributed by atoms with Crippen molar-refractivity contribution in [2.24, 2.45) is 7.05 Å². The standard InChI is InChI=1S/C16H16F2N6O2/c1-8(25)20-12-5-9-11(7-19-12)24(3)23-14(9)10-6-13(26-4)22-15(21-10)16(2,17)18/h5-7H,1-4H3,(H,19,20,25). The highest BCUT2D eigenvalue weighted by molar-refractivity contribution is 5.96. The molecule has 3 rings (SSSR count). The third kappa shape index (κ3) is 3.30. The average molecular weight is 362 g/mol. The van der Waals surface area contributed by atoms with E-state index in [0.717, 1.165) is 0 Å². The van der Waals surface area contributed by atoms with Gasteiger partial charge >= 0.3 is 5.92 Å². The van der Waals surface area contributed by atoms with E-state index in [9.17, 15) is 13.6 Å². The molecule has 3 aromatic rings. The van der Waals surface area contributed by atoms with Crippen molar-refractivity contribution in [3.8, 4) is 17.3 Å². The Morgan fingerprint density at radius 2 is 2.04 bits per heavy atom. The van der Waals surface area contributed by atoms with Gasteiger partial charge in [0.2, 0.25) is 17.6 Å². The first-order valence-corrected chi connectivity index (χ1v) is 7.61. The van der Waals surface area contributed by atoms with E-state index in [1.54, 1.807) is 17.8 Å². The molecular formula is C16H16F2N6O2. The van der Waals surface area contributed by atoms with Crippen LogP contribution in [0.4, 0.5) is 14.6 Å². The van der Waals surface area contributed by atoms with Crippen LogP contribution in [0.15, 0.2) is 18.3 Å². The van der Waals surface area contributed by atoms with Crippen molar-refractivity contribution >= 4 is 22.6 Å². The molecular weight excluding hydrogens is 346 g/mol. The van der Waals surface area contributed by atoms with Crippen molar-refractivity contribution in [2.75, 3.05) is 12.4 Å². The number of carbonyl (C=O) groups is 1. The van der Waals surface area contributed by atoms with Gasteiger partial charge in [0, 0.05) is 32.3 Å². The summed E-state index contributed by atoms with van der Waals surface area (Å²) < 4.78 is 34.0. The van der Waals surface area contributed by atoms with Gasteiger partial charge in [0.25, 0.3) is 0 Å². The van der Waals surface area contributed by atoms with Crippen LogP contribution in [-0.2, 0) is 17.8 Å². The Labute approximate surface area is 147 Å². The molecule has 136 valence electrons. The monoisotopic (exact) mass is 362 g/mol. The fourth-order valence-electron chi connectivity index (χ4n) is 2.44. The topological polar surface area (TPSA) is 94.8 Å². The number of rotatable bonds is 4. The summed E-state index contributed by atoms with van der Waals surface area (Å²) in [5.41, 5.74) is 1.18. The molecule has 0 saturated heterocycles. The molecule has 0 aliphatic carbocycles. The molecule has 10 heteroatoms. The summed E-state index contributed by atoms with van der Waals surface area (Å²) in [6, 6.07) is 3.03. The van der Waals surface area contributed by atoms with E-state index in [1.807, 2.05) is 0 Å². The summed E-state index contributed by atoms with van der Waals surface area (Å²) in [5.74, 6) is -3.86. The number of carbonyl (C=O) groups excluding carboxylic acids is 1. The Kier molecular flexibility index (Phi) is 4.26. The molecule has 3 aromatic heterocycles. The highest BCUT2D eigenvalue weighted by atomic mass is 19.3. The lowest BCUT2D eigenvalue weighted by Crippen LogP contribution is -2.14. The number of amides is 1. The summed E-state index contributed by atoms with van der Waals surface area (Å²) in [5, 5.41) is 7.53. The number of ether oxygens (including phenoxy) is 1. The highest BCUT2D eigenvalue weighted by Crippen LogP contribution is 2.32. The van der Waals surface area contributed by atoms with Gasteiger partial charge in [0.05, 0.1) is 24.5 Å². The van der Waals surface area contributed by atoms with Crippen LogP contribution in [0.2, 0.25) is 0 Å². The first-order chi connectivity index (χ1) is 12.2. The number of nitrogens with one attached hydrogen (secondary N) is 1. The van der Waals surface area contributed by atoms with Crippen molar-refractivity contribution in [1.82, 2.24) is 24.7 Å². The molecule has 0 aliphatic rings. The van der Waals surface area contributed by atoms with Crippen LogP contribution in [0.5, 0.6) is 5.88 Å². The van der Waals surface area contributed by atoms with Gasteiger partial charge in [-0.05, 0) is 6.07 Å². The minimum atomic E-state index is -3.24. The number of aromatic nitrogens is 5. The third-order valence-corrected chi connectivity index (χ3v) is 3.59. The Bertz CT molecular complexity index is 996. The zero-order valence-corrected chi connectivity index (χ0v) is 14.5. The number of fused-ring (bicyclic) bond motifs is 1. The molecule has 3 heterocycles. The van der Waals surface area contributed by atoms with Crippen LogP contribution in [0.25, 0.3) is 22.3 Å². The second-order valence-electron chi connectivity index (χ2n) is 5.75. The van der Waals surface area contributed by atoms with Crippen LogP contribution in [0.1, 0.15) is 19.7 Å². The van der Waals surface area contributed by atoms with E-state index < -0.39 is 11.7 Å². The second-order valence-corrected chi connectivity index (χ2v) is 5.75. The summed E-state index contributed by atoms with van der Waals surface area (Å²) >= 11 is 0. The van der Waals surface area contributed by atoms with Crippen molar-refractivity contribution in [1.29, 1.82) is 0 Å².